The SMILES string of the molecule is COc1cccc(C(CNC(=O)C(C)n2cnc3ccccc32)N(C)C)c1. The quantitative estimate of drug-likeness (QED) is 0.698. The van der Waals surface area contributed by atoms with Gasteiger partial charge in [-0.2, -0.15) is 0 Å². The fourth-order valence-electron chi connectivity index (χ4n) is 3.21. The molecule has 6 nitrogen and oxygen atoms in total. The Hall–Kier alpha value is -2.86. The number of hydrogen-bond donors (Lipinski definition) is 1. The van der Waals surface area contributed by atoms with Gasteiger partial charge in [0.15, 0.2) is 0 Å². The Bertz CT molecular complexity index is 919. The number of imidazole rings is 1. The van der Waals surface area contributed by atoms with Crippen LogP contribution in [0.5, 0.6) is 5.75 Å². The van der Waals surface area contributed by atoms with Crippen LogP contribution in [0.15, 0.2) is 54.9 Å². The molecule has 142 valence electrons. The van der Waals surface area contributed by atoms with Crippen molar-refractivity contribution in [2.75, 3.05) is 27.7 Å². The zero-order valence-electron chi connectivity index (χ0n) is 16.2. The van der Waals surface area contributed by atoms with Crippen LogP contribution < -0.4 is 10.1 Å². The molecule has 3 rings (SSSR count). The van der Waals surface area contributed by atoms with E-state index in [0.29, 0.717) is 6.54 Å². The van der Waals surface area contributed by atoms with Crippen molar-refractivity contribution in [2.24, 2.45) is 0 Å². The number of nitrogens with one attached hydrogen (secondary N) is 1. The van der Waals surface area contributed by atoms with Gasteiger partial charge in [-0.1, -0.05) is 24.3 Å². The van der Waals surface area contributed by atoms with E-state index in [1.54, 1.807) is 13.4 Å². The van der Waals surface area contributed by atoms with Crippen molar-refractivity contribution in [3.05, 3.63) is 60.4 Å². The lowest BCUT2D eigenvalue weighted by molar-refractivity contribution is -0.124. The van der Waals surface area contributed by atoms with Gasteiger partial charge in [0, 0.05) is 6.54 Å². The second-order valence-corrected chi connectivity index (χ2v) is 6.82. The van der Waals surface area contributed by atoms with Crippen molar-refractivity contribution >= 4 is 16.9 Å². The normalized spacial score (nSPS) is 13.5. The summed E-state index contributed by atoms with van der Waals surface area (Å²) in [6.07, 6.45) is 1.72. The lowest BCUT2D eigenvalue weighted by Gasteiger charge is -2.26. The predicted octanol–water partition coefficient (Wildman–Crippen LogP) is 3.03. The zero-order valence-corrected chi connectivity index (χ0v) is 16.2. The number of hydrogen-bond acceptors (Lipinski definition) is 4. The highest BCUT2D eigenvalue weighted by Crippen LogP contribution is 2.23. The molecule has 0 bridgehead atoms. The van der Waals surface area contributed by atoms with Crippen molar-refractivity contribution in [1.29, 1.82) is 0 Å². The highest BCUT2D eigenvalue weighted by Gasteiger charge is 2.20. The van der Waals surface area contributed by atoms with Crippen LogP contribution in [0.25, 0.3) is 11.0 Å². The van der Waals surface area contributed by atoms with Gasteiger partial charge in [0.1, 0.15) is 11.8 Å². The number of methoxy groups -OCH3 is 1. The third-order valence-electron chi connectivity index (χ3n) is 4.85. The molecule has 0 fully saturated rings. The average Bonchev–Trinajstić information content (AvgIpc) is 3.11. The smallest absolute Gasteiger partial charge is 0.242 e. The molecule has 0 aliphatic heterocycles. The summed E-state index contributed by atoms with van der Waals surface area (Å²) in [5.74, 6) is 0.775. The number of benzene rings is 2. The Morgan fingerprint density at radius 2 is 2.00 bits per heavy atom. The van der Waals surface area contributed by atoms with Gasteiger partial charge < -0.3 is 19.5 Å². The molecule has 0 aliphatic rings. The molecule has 6 heteroatoms. The Balaban J connectivity index is 1.72. The highest BCUT2D eigenvalue weighted by molar-refractivity contribution is 5.83. The van der Waals surface area contributed by atoms with E-state index in [4.69, 9.17) is 4.74 Å². The van der Waals surface area contributed by atoms with E-state index in [9.17, 15) is 4.79 Å². The number of para-hydroxylation sites is 2. The predicted molar refractivity (Wildman–Crippen MR) is 107 cm³/mol. The molecular formula is C21H26N4O2. The van der Waals surface area contributed by atoms with Gasteiger partial charge in [0.25, 0.3) is 0 Å². The Kier molecular flexibility index (Phi) is 5.76. The second kappa shape index (κ2) is 8.22. The molecule has 0 saturated carbocycles. The molecule has 0 saturated heterocycles. The van der Waals surface area contributed by atoms with Crippen LogP contribution in [0.2, 0.25) is 0 Å². The van der Waals surface area contributed by atoms with E-state index in [-0.39, 0.29) is 18.0 Å². The van der Waals surface area contributed by atoms with Gasteiger partial charge in [-0.3, -0.25) is 4.79 Å². The van der Waals surface area contributed by atoms with Gasteiger partial charge in [0.05, 0.1) is 30.5 Å². The first kappa shape index (κ1) is 18.9. The van der Waals surface area contributed by atoms with Gasteiger partial charge in [-0.25, -0.2) is 4.98 Å². The molecule has 27 heavy (non-hydrogen) atoms. The third-order valence-corrected chi connectivity index (χ3v) is 4.85. The molecular weight excluding hydrogens is 340 g/mol. The number of likely N-dealkylation sites (N-methyl/N-ethyl adjacent to an activating group) is 1. The Labute approximate surface area is 159 Å². The first-order valence-corrected chi connectivity index (χ1v) is 9.01. The maximum Gasteiger partial charge on any atom is 0.242 e. The van der Waals surface area contributed by atoms with E-state index in [1.807, 2.05) is 74.1 Å². The Morgan fingerprint density at radius 1 is 1.22 bits per heavy atom. The molecule has 0 spiro atoms. The van der Waals surface area contributed by atoms with E-state index in [1.165, 1.54) is 0 Å². The van der Waals surface area contributed by atoms with Crippen LogP contribution in [0, 0.1) is 0 Å². The summed E-state index contributed by atoms with van der Waals surface area (Å²) >= 11 is 0. The van der Waals surface area contributed by atoms with E-state index < -0.39 is 0 Å². The van der Waals surface area contributed by atoms with Crippen molar-refractivity contribution in [3.8, 4) is 5.75 Å². The molecule has 2 aromatic carbocycles. The largest absolute Gasteiger partial charge is 0.497 e. The van der Waals surface area contributed by atoms with Crippen LogP contribution in [0.4, 0.5) is 0 Å². The number of nitrogens with zero attached hydrogens (tertiary/aromatic N) is 3. The number of ether oxygens (including phenoxy) is 1. The monoisotopic (exact) mass is 366 g/mol. The van der Waals surface area contributed by atoms with Crippen molar-refractivity contribution < 1.29 is 9.53 Å². The van der Waals surface area contributed by atoms with Gasteiger partial charge in [-0.15, -0.1) is 0 Å². The van der Waals surface area contributed by atoms with Crippen LogP contribution in [0.1, 0.15) is 24.6 Å². The fraction of sp³-hybridized carbons (Fsp3) is 0.333. The van der Waals surface area contributed by atoms with Crippen LogP contribution in [-0.4, -0.2) is 48.1 Å². The minimum absolute atomic E-state index is 0.0344. The average molecular weight is 366 g/mol. The topological polar surface area (TPSA) is 59.4 Å². The van der Waals surface area contributed by atoms with Crippen molar-refractivity contribution in [1.82, 2.24) is 19.8 Å². The van der Waals surface area contributed by atoms with Gasteiger partial charge >= 0.3 is 0 Å². The zero-order chi connectivity index (χ0) is 19.4. The summed E-state index contributed by atoms with van der Waals surface area (Å²) in [6, 6.07) is 15.5. The number of carbonyl (C=O) groups excluding carboxylic acids is 1. The van der Waals surface area contributed by atoms with Crippen LogP contribution in [0.3, 0.4) is 0 Å². The van der Waals surface area contributed by atoms with Crippen LogP contribution in [-0.2, 0) is 4.79 Å². The minimum atomic E-state index is -0.342. The van der Waals surface area contributed by atoms with Crippen molar-refractivity contribution in [2.45, 2.75) is 19.0 Å². The lowest BCUT2D eigenvalue weighted by Crippen LogP contribution is -2.37. The number of amides is 1. The van der Waals surface area contributed by atoms with Crippen molar-refractivity contribution in [3.63, 3.8) is 0 Å². The van der Waals surface area contributed by atoms with Gasteiger partial charge in [0.2, 0.25) is 5.91 Å². The van der Waals surface area contributed by atoms with Gasteiger partial charge in [-0.05, 0) is 50.8 Å². The minimum Gasteiger partial charge on any atom is -0.497 e. The second-order valence-electron chi connectivity index (χ2n) is 6.82. The molecule has 1 aromatic heterocycles. The lowest BCUT2D eigenvalue weighted by atomic mass is 10.1. The molecule has 2 atom stereocenters. The molecule has 2 unspecified atom stereocenters. The number of fused-ring (bicyclic) bond motifs is 1. The van der Waals surface area contributed by atoms with E-state index in [0.717, 1.165) is 22.3 Å². The summed E-state index contributed by atoms with van der Waals surface area (Å²) in [6.45, 7) is 2.40. The molecule has 0 aliphatic carbocycles. The molecule has 1 amide bonds. The van der Waals surface area contributed by atoms with E-state index >= 15 is 0 Å². The third kappa shape index (κ3) is 4.11. The summed E-state index contributed by atoms with van der Waals surface area (Å²) in [7, 11) is 5.66. The summed E-state index contributed by atoms with van der Waals surface area (Å²) in [4.78, 5) is 19.2. The first-order valence-electron chi connectivity index (χ1n) is 9.01. The Morgan fingerprint density at radius 3 is 2.74 bits per heavy atom. The summed E-state index contributed by atoms with van der Waals surface area (Å²) in [5.41, 5.74) is 2.94. The number of aromatic nitrogens is 2. The molecule has 0 radical (unpaired) electrons. The summed E-state index contributed by atoms with van der Waals surface area (Å²) < 4.78 is 7.23. The number of carbonyl (C=O) groups is 1. The first-order chi connectivity index (χ1) is 13.0. The van der Waals surface area contributed by atoms with E-state index in [2.05, 4.69) is 15.2 Å². The maximum atomic E-state index is 12.8. The standard InChI is InChI=1S/C21H26N4O2/c1-15(25-14-23-18-10-5-6-11-19(18)25)21(26)22-13-20(24(2)3)16-8-7-9-17(12-16)27-4/h5-12,14-15,20H,13H2,1-4H3,(H,22,26). The summed E-state index contributed by atoms with van der Waals surface area (Å²) in [5, 5.41) is 3.08. The molecule has 1 heterocycles. The van der Waals surface area contributed by atoms with Crippen LogP contribution >= 0.6 is 0 Å². The molecule has 1 N–H and O–H groups in total. The molecule has 3 aromatic rings. The maximum absolute atomic E-state index is 12.8. The number of rotatable bonds is 7. The fourth-order valence-corrected chi connectivity index (χ4v) is 3.21. The highest BCUT2D eigenvalue weighted by atomic mass is 16.5.